The minimum Gasteiger partial charge on any atom is -0.376 e. The highest BCUT2D eigenvalue weighted by atomic mass is 19.3. The van der Waals surface area contributed by atoms with Crippen LogP contribution >= 0.6 is 0 Å². The SMILES string of the molecule is CC(C)c1c(NC(=O)c2cn(C)nc2C(F)F)cnn1-c1c(F)cc(F)cc1N(C)C. The number of hydrogen-bond donors (Lipinski definition) is 1. The summed E-state index contributed by atoms with van der Waals surface area (Å²) in [5.41, 5.74) is -0.0281. The topological polar surface area (TPSA) is 68.0 Å². The first kappa shape index (κ1) is 22.3. The number of anilines is 2. The van der Waals surface area contributed by atoms with Crippen molar-refractivity contribution in [1.29, 1.82) is 0 Å². The average molecular weight is 438 g/mol. The lowest BCUT2D eigenvalue weighted by atomic mass is 10.1. The van der Waals surface area contributed by atoms with Gasteiger partial charge in [0.15, 0.2) is 5.82 Å². The molecule has 0 saturated heterocycles. The van der Waals surface area contributed by atoms with E-state index >= 15 is 0 Å². The Kier molecular flexibility index (Phi) is 6.05. The van der Waals surface area contributed by atoms with Crippen molar-refractivity contribution >= 4 is 17.3 Å². The summed E-state index contributed by atoms with van der Waals surface area (Å²) in [5, 5.41) is 10.4. The van der Waals surface area contributed by atoms with Crippen LogP contribution in [-0.2, 0) is 7.05 Å². The Morgan fingerprint density at radius 3 is 2.45 bits per heavy atom. The van der Waals surface area contributed by atoms with Gasteiger partial charge in [0.2, 0.25) is 0 Å². The molecule has 7 nitrogen and oxygen atoms in total. The molecule has 166 valence electrons. The van der Waals surface area contributed by atoms with Crippen molar-refractivity contribution in [3.8, 4) is 5.69 Å². The number of alkyl halides is 2. The summed E-state index contributed by atoms with van der Waals surface area (Å²) in [4.78, 5) is 14.2. The van der Waals surface area contributed by atoms with Crippen LogP contribution in [0.4, 0.5) is 28.9 Å². The van der Waals surface area contributed by atoms with E-state index in [1.54, 1.807) is 27.9 Å². The molecule has 0 atom stereocenters. The summed E-state index contributed by atoms with van der Waals surface area (Å²) in [6.07, 6.45) is -0.432. The summed E-state index contributed by atoms with van der Waals surface area (Å²) in [6.45, 7) is 3.60. The largest absolute Gasteiger partial charge is 0.376 e. The van der Waals surface area contributed by atoms with Crippen LogP contribution in [0.3, 0.4) is 0 Å². The smallest absolute Gasteiger partial charge is 0.282 e. The van der Waals surface area contributed by atoms with Crippen molar-refractivity contribution in [2.75, 3.05) is 24.3 Å². The molecule has 2 heterocycles. The number of aryl methyl sites for hydroxylation is 1. The van der Waals surface area contributed by atoms with Gasteiger partial charge in [0.05, 0.1) is 28.8 Å². The molecule has 0 aliphatic heterocycles. The minimum atomic E-state index is -2.93. The van der Waals surface area contributed by atoms with Gasteiger partial charge in [-0.3, -0.25) is 9.48 Å². The van der Waals surface area contributed by atoms with Gasteiger partial charge in [-0.25, -0.2) is 22.2 Å². The molecule has 3 aromatic rings. The maximum atomic E-state index is 14.8. The molecule has 0 fully saturated rings. The second-order valence-electron chi connectivity index (χ2n) is 7.52. The Bertz CT molecular complexity index is 1120. The fourth-order valence-corrected chi connectivity index (χ4v) is 3.32. The molecule has 2 aromatic heterocycles. The first-order valence-corrected chi connectivity index (χ1v) is 9.39. The Morgan fingerprint density at radius 2 is 1.87 bits per heavy atom. The lowest BCUT2D eigenvalue weighted by molar-refractivity contribution is 0.101. The fraction of sp³-hybridized carbons (Fsp3) is 0.350. The van der Waals surface area contributed by atoms with Crippen LogP contribution in [0.2, 0.25) is 0 Å². The van der Waals surface area contributed by atoms with E-state index in [0.717, 1.165) is 10.7 Å². The zero-order chi connectivity index (χ0) is 23.0. The van der Waals surface area contributed by atoms with Crippen molar-refractivity contribution in [2.45, 2.75) is 26.2 Å². The third kappa shape index (κ3) is 4.25. The van der Waals surface area contributed by atoms with E-state index in [0.29, 0.717) is 5.69 Å². The number of rotatable bonds is 6. The molecule has 0 radical (unpaired) electrons. The van der Waals surface area contributed by atoms with E-state index in [2.05, 4.69) is 15.5 Å². The van der Waals surface area contributed by atoms with E-state index < -0.39 is 29.7 Å². The number of carbonyl (C=O) groups excluding carboxylic acids is 1. The number of nitrogens with one attached hydrogen (secondary N) is 1. The van der Waals surface area contributed by atoms with Crippen LogP contribution in [0, 0.1) is 11.6 Å². The predicted molar refractivity (Wildman–Crippen MR) is 108 cm³/mol. The van der Waals surface area contributed by atoms with Crippen LogP contribution in [-0.4, -0.2) is 39.6 Å². The van der Waals surface area contributed by atoms with Gasteiger partial charge in [0, 0.05) is 33.4 Å². The molecule has 0 aliphatic carbocycles. The van der Waals surface area contributed by atoms with Crippen LogP contribution in [0.1, 0.15) is 47.9 Å². The Balaban J connectivity index is 2.09. The maximum Gasteiger partial charge on any atom is 0.282 e. The Labute approximate surface area is 176 Å². The van der Waals surface area contributed by atoms with Gasteiger partial charge in [-0.2, -0.15) is 10.2 Å². The molecule has 1 amide bonds. The monoisotopic (exact) mass is 438 g/mol. The molecule has 0 bridgehead atoms. The number of aromatic nitrogens is 4. The summed E-state index contributed by atoms with van der Waals surface area (Å²) in [7, 11) is 4.70. The summed E-state index contributed by atoms with van der Waals surface area (Å²) in [6, 6.07) is 1.92. The molecule has 1 N–H and O–H groups in total. The van der Waals surface area contributed by atoms with Crippen LogP contribution in [0.25, 0.3) is 5.69 Å². The van der Waals surface area contributed by atoms with E-state index in [4.69, 9.17) is 0 Å². The van der Waals surface area contributed by atoms with Gasteiger partial charge in [-0.15, -0.1) is 0 Å². The van der Waals surface area contributed by atoms with Gasteiger partial charge < -0.3 is 10.2 Å². The molecule has 0 spiro atoms. The van der Waals surface area contributed by atoms with Crippen LogP contribution in [0.5, 0.6) is 0 Å². The van der Waals surface area contributed by atoms with Gasteiger partial charge in [0.1, 0.15) is 17.2 Å². The maximum absolute atomic E-state index is 14.8. The van der Waals surface area contributed by atoms with Crippen molar-refractivity contribution in [3.63, 3.8) is 0 Å². The Morgan fingerprint density at radius 1 is 1.19 bits per heavy atom. The van der Waals surface area contributed by atoms with E-state index in [1.807, 2.05) is 0 Å². The van der Waals surface area contributed by atoms with Gasteiger partial charge in [0.25, 0.3) is 12.3 Å². The molecule has 3 rings (SSSR count). The summed E-state index contributed by atoms with van der Waals surface area (Å²) < 4.78 is 57.4. The molecular formula is C20H22F4N6O. The molecular weight excluding hydrogens is 416 g/mol. The van der Waals surface area contributed by atoms with E-state index in [9.17, 15) is 22.4 Å². The van der Waals surface area contributed by atoms with Gasteiger partial charge >= 0.3 is 0 Å². The quantitative estimate of drug-likeness (QED) is 0.584. The average Bonchev–Trinajstić information content (AvgIpc) is 3.24. The second kappa shape index (κ2) is 8.40. The third-order valence-corrected chi connectivity index (χ3v) is 4.61. The molecule has 0 unspecified atom stereocenters. The molecule has 31 heavy (non-hydrogen) atoms. The van der Waals surface area contributed by atoms with Crippen molar-refractivity contribution in [3.05, 3.63) is 53.1 Å². The van der Waals surface area contributed by atoms with Crippen LogP contribution in [0.15, 0.2) is 24.5 Å². The van der Waals surface area contributed by atoms with Crippen molar-refractivity contribution in [1.82, 2.24) is 19.6 Å². The highest BCUT2D eigenvalue weighted by molar-refractivity contribution is 6.05. The lowest BCUT2D eigenvalue weighted by Gasteiger charge is -2.21. The normalized spacial score (nSPS) is 11.5. The van der Waals surface area contributed by atoms with Gasteiger partial charge in [-0.05, 0) is 12.0 Å². The van der Waals surface area contributed by atoms with Gasteiger partial charge in [-0.1, -0.05) is 13.8 Å². The minimum absolute atomic E-state index is 0.00486. The van der Waals surface area contributed by atoms with Crippen molar-refractivity contribution in [2.24, 2.45) is 7.05 Å². The fourth-order valence-electron chi connectivity index (χ4n) is 3.32. The molecule has 0 aliphatic rings. The number of amides is 1. The molecule has 1 aromatic carbocycles. The van der Waals surface area contributed by atoms with E-state index in [1.165, 1.54) is 35.1 Å². The number of carbonyl (C=O) groups is 1. The third-order valence-electron chi connectivity index (χ3n) is 4.61. The molecule has 11 heteroatoms. The zero-order valence-electron chi connectivity index (χ0n) is 17.6. The zero-order valence-corrected chi connectivity index (χ0v) is 17.6. The van der Waals surface area contributed by atoms with Crippen LogP contribution < -0.4 is 10.2 Å². The second-order valence-corrected chi connectivity index (χ2v) is 7.52. The first-order chi connectivity index (χ1) is 14.5. The predicted octanol–water partition coefficient (Wildman–Crippen LogP) is 4.26. The number of nitrogens with zero attached hydrogens (tertiary/aromatic N) is 5. The highest BCUT2D eigenvalue weighted by Gasteiger charge is 2.26. The lowest BCUT2D eigenvalue weighted by Crippen LogP contribution is -2.18. The number of hydrogen-bond acceptors (Lipinski definition) is 4. The number of benzene rings is 1. The summed E-state index contributed by atoms with van der Waals surface area (Å²) in [5.74, 6) is -2.62. The molecule has 0 saturated carbocycles. The Hall–Kier alpha value is -3.37. The van der Waals surface area contributed by atoms with E-state index in [-0.39, 0.29) is 28.5 Å². The standard InChI is InChI=1S/C20H22F4N6O/c1-10(2)17-14(26-20(31)12-9-29(5)27-16(12)19(23)24)8-25-30(17)18-13(22)6-11(21)7-15(18)28(3)4/h6-10,19H,1-5H3,(H,26,31). The first-order valence-electron chi connectivity index (χ1n) is 9.39. The highest BCUT2D eigenvalue weighted by Crippen LogP contribution is 2.33. The number of halogens is 4. The van der Waals surface area contributed by atoms with Crippen molar-refractivity contribution < 1.29 is 22.4 Å². The summed E-state index contributed by atoms with van der Waals surface area (Å²) >= 11 is 0.